The Morgan fingerprint density at radius 3 is 2.41 bits per heavy atom. The molecular formula is C19H20N2S. The minimum atomic E-state index is 0.0773. The highest BCUT2D eigenvalue weighted by atomic mass is 32.1. The Morgan fingerprint density at radius 1 is 1.00 bits per heavy atom. The molecule has 112 valence electrons. The van der Waals surface area contributed by atoms with Crippen molar-refractivity contribution in [3.8, 4) is 21.8 Å². The molecule has 1 aromatic carbocycles. The summed E-state index contributed by atoms with van der Waals surface area (Å²) >= 11 is 1.68. The van der Waals surface area contributed by atoms with E-state index in [1.54, 1.807) is 11.3 Å². The molecule has 0 amide bonds. The molecule has 0 aliphatic rings. The Kier molecular flexibility index (Phi) is 3.83. The van der Waals surface area contributed by atoms with Gasteiger partial charge in [0.1, 0.15) is 5.01 Å². The van der Waals surface area contributed by atoms with Gasteiger partial charge >= 0.3 is 0 Å². The van der Waals surface area contributed by atoms with Crippen LogP contribution in [0.25, 0.3) is 21.8 Å². The van der Waals surface area contributed by atoms with Crippen molar-refractivity contribution in [3.05, 3.63) is 59.2 Å². The van der Waals surface area contributed by atoms with Crippen LogP contribution in [0.3, 0.4) is 0 Å². The van der Waals surface area contributed by atoms with Gasteiger partial charge in [0.05, 0.1) is 5.69 Å². The number of pyridine rings is 1. The molecule has 3 rings (SSSR count). The summed E-state index contributed by atoms with van der Waals surface area (Å²) in [4.78, 5) is 9.13. The summed E-state index contributed by atoms with van der Waals surface area (Å²) in [5.74, 6) is 0. The Balaban J connectivity index is 2.03. The van der Waals surface area contributed by atoms with Gasteiger partial charge in [-0.1, -0.05) is 50.6 Å². The second-order valence-corrected chi connectivity index (χ2v) is 7.43. The topological polar surface area (TPSA) is 25.8 Å². The Hall–Kier alpha value is -2.00. The van der Waals surface area contributed by atoms with Gasteiger partial charge in [-0.15, -0.1) is 11.3 Å². The van der Waals surface area contributed by atoms with Gasteiger partial charge in [0.15, 0.2) is 0 Å². The third-order valence-corrected chi connectivity index (χ3v) is 4.59. The van der Waals surface area contributed by atoms with E-state index in [1.807, 2.05) is 12.4 Å². The molecule has 2 heterocycles. The maximum Gasteiger partial charge on any atom is 0.125 e. The third kappa shape index (κ3) is 2.95. The van der Waals surface area contributed by atoms with Gasteiger partial charge in [0.2, 0.25) is 0 Å². The van der Waals surface area contributed by atoms with Gasteiger partial charge in [-0.25, -0.2) is 4.98 Å². The minimum absolute atomic E-state index is 0.0773. The van der Waals surface area contributed by atoms with Gasteiger partial charge in [0.25, 0.3) is 0 Å². The van der Waals surface area contributed by atoms with Crippen molar-refractivity contribution in [2.45, 2.75) is 33.1 Å². The molecule has 2 aromatic heterocycles. The molecule has 0 N–H and O–H groups in total. The van der Waals surface area contributed by atoms with Gasteiger partial charge in [-0.05, 0) is 24.0 Å². The average molecular weight is 308 g/mol. The van der Waals surface area contributed by atoms with E-state index in [2.05, 4.69) is 68.4 Å². The molecule has 0 spiro atoms. The number of thiazole rings is 1. The van der Waals surface area contributed by atoms with Crippen LogP contribution in [0.2, 0.25) is 0 Å². The van der Waals surface area contributed by atoms with Gasteiger partial charge in [0, 0.05) is 28.9 Å². The number of rotatable bonds is 2. The predicted octanol–water partition coefficient (Wildman–Crippen LogP) is 5.48. The average Bonchev–Trinajstić information content (AvgIpc) is 2.97. The Labute approximate surface area is 135 Å². The van der Waals surface area contributed by atoms with Crippen LogP contribution >= 0.6 is 11.3 Å². The molecule has 0 bridgehead atoms. The molecule has 0 aliphatic heterocycles. The van der Waals surface area contributed by atoms with E-state index in [4.69, 9.17) is 4.98 Å². The monoisotopic (exact) mass is 308 g/mol. The smallest absolute Gasteiger partial charge is 0.125 e. The van der Waals surface area contributed by atoms with Crippen molar-refractivity contribution < 1.29 is 0 Å². The lowest BCUT2D eigenvalue weighted by Gasteiger charge is -2.21. The van der Waals surface area contributed by atoms with Gasteiger partial charge in [-0.3, -0.25) is 4.98 Å². The first-order chi connectivity index (χ1) is 10.4. The van der Waals surface area contributed by atoms with Crippen LogP contribution < -0.4 is 0 Å². The van der Waals surface area contributed by atoms with E-state index >= 15 is 0 Å². The van der Waals surface area contributed by atoms with Crippen molar-refractivity contribution in [1.82, 2.24) is 9.97 Å². The fraction of sp³-hybridized carbons (Fsp3) is 0.263. The molecule has 2 nitrogen and oxygen atoms in total. The second-order valence-electron chi connectivity index (χ2n) is 6.58. The van der Waals surface area contributed by atoms with Crippen molar-refractivity contribution in [3.63, 3.8) is 0 Å². The molecule has 0 radical (unpaired) electrons. The maximum absolute atomic E-state index is 4.83. The van der Waals surface area contributed by atoms with E-state index in [0.29, 0.717) is 0 Å². The van der Waals surface area contributed by atoms with Crippen molar-refractivity contribution in [2.24, 2.45) is 0 Å². The second kappa shape index (κ2) is 5.65. The first-order valence-electron chi connectivity index (χ1n) is 7.42. The number of hydrogen-bond donors (Lipinski definition) is 0. The number of hydrogen-bond acceptors (Lipinski definition) is 3. The molecular weight excluding hydrogens is 288 g/mol. The summed E-state index contributed by atoms with van der Waals surface area (Å²) in [5, 5.41) is 3.16. The molecule has 3 aromatic rings. The summed E-state index contributed by atoms with van der Waals surface area (Å²) in [6.07, 6.45) is 3.79. The lowest BCUT2D eigenvalue weighted by Crippen LogP contribution is -2.12. The normalized spacial score (nSPS) is 11.6. The van der Waals surface area contributed by atoms with Crippen molar-refractivity contribution in [2.75, 3.05) is 0 Å². The first-order valence-corrected chi connectivity index (χ1v) is 8.30. The molecule has 22 heavy (non-hydrogen) atoms. The zero-order valence-corrected chi connectivity index (χ0v) is 14.2. The van der Waals surface area contributed by atoms with E-state index in [1.165, 1.54) is 11.1 Å². The van der Waals surface area contributed by atoms with E-state index < -0.39 is 0 Å². The van der Waals surface area contributed by atoms with Gasteiger partial charge < -0.3 is 0 Å². The Bertz CT molecular complexity index is 780. The molecule has 0 fully saturated rings. The van der Waals surface area contributed by atoms with Crippen LogP contribution in [0.15, 0.2) is 48.1 Å². The van der Waals surface area contributed by atoms with Crippen LogP contribution in [-0.4, -0.2) is 9.97 Å². The Morgan fingerprint density at radius 2 is 1.73 bits per heavy atom. The fourth-order valence-corrected chi connectivity index (χ4v) is 3.33. The zero-order chi connectivity index (χ0) is 15.7. The number of nitrogens with zero attached hydrogens (tertiary/aromatic N) is 2. The summed E-state index contributed by atoms with van der Waals surface area (Å²) in [7, 11) is 0. The third-order valence-electron chi connectivity index (χ3n) is 3.71. The molecule has 0 saturated heterocycles. The molecule has 3 heteroatoms. The highest BCUT2D eigenvalue weighted by Crippen LogP contribution is 2.35. The lowest BCUT2D eigenvalue weighted by atomic mass is 9.85. The van der Waals surface area contributed by atoms with Crippen LogP contribution in [0.4, 0.5) is 0 Å². The van der Waals surface area contributed by atoms with Crippen LogP contribution in [-0.2, 0) is 5.41 Å². The summed E-state index contributed by atoms with van der Waals surface area (Å²) in [6, 6.07) is 10.6. The van der Waals surface area contributed by atoms with Crippen LogP contribution in [0, 0.1) is 6.92 Å². The fourth-order valence-electron chi connectivity index (χ4n) is 2.47. The maximum atomic E-state index is 4.83. The van der Waals surface area contributed by atoms with Gasteiger partial charge in [-0.2, -0.15) is 0 Å². The zero-order valence-electron chi connectivity index (χ0n) is 13.4. The molecule has 0 saturated carbocycles. The highest BCUT2D eigenvalue weighted by Gasteiger charge is 2.20. The standard InChI is InChI=1S/C19H20N2S/c1-13-5-7-14(8-6-13)17-12-22-18(21-17)15-11-20-10-9-16(15)19(2,3)4/h5-12H,1-4H3. The molecule has 0 atom stereocenters. The summed E-state index contributed by atoms with van der Waals surface area (Å²) in [6.45, 7) is 8.77. The SMILES string of the molecule is Cc1ccc(-c2csc(-c3cnccc3C(C)(C)C)n2)cc1. The first kappa shape index (κ1) is 14.9. The van der Waals surface area contributed by atoms with E-state index in [9.17, 15) is 0 Å². The largest absolute Gasteiger partial charge is 0.264 e. The van der Waals surface area contributed by atoms with Crippen molar-refractivity contribution >= 4 is 11.3 Å². The lowest BCUT2D eigenvalue weighted by molar-refractivity contribution is 0.591. The summed E-state index contributed by atoms with van der Waals surface area (Å²) in [5.41, 5.74) is 5.96. The number of benzene rings is 1. The van der Waals surface area contributed by atoms with E-state index in [-0.39, 0.29) is 5.41 Å². The van der Waals surface area contributed by atoms with Crippen LogP contribution in [0.1, 0.15) is 31.9 Å². The summed E-state index contributed by atoms with van der Waals surface area (Å²) < 4.78 is 0. The number of aromatic nitrogens is 2. The quantitative estimate of drug-likeness (QED) is 0.626. The number of aryl methyl sites for hydroxylation is 1. The highest BCUT2D eigenvalue weighted by molar-refractivity contribution is 7.13. The minimum Gasteiger partial charge on any atom is -0.264 e. The molecule has 0 aliphatic carbocycles. The molecule has 0 unspecified atom stereocenters. The van der Waals surface area contributed by atoms with Crippen LogP contribution in [0.5, 0.6) is 0 Å². The predicted molar refractivity (Wildman–Crippen MR) is 94.2 cm³/mol. The van der Waals surface area contributed by atoms with E-state index in [0.717, 1.165) is 21.8 Å². The van der Waals surface area contributed by atoms with Crippen molar-refractivity contribution in [1.29, 1.82) is 0 Å².